The minimum Gasteiger partial charge on any atom is -0.480 e. The number of hydrogen-bond acceptors (Lipinski definition) is 5. The lowest BCUT2D eigenvalue weighted by atomic mass is 10.2. The number of aryl methyl sites for hydroxylation is 1. The summed E-state index contributed by atoms with van der Waals surface area (Å²) >= 11 is 1.71. The first kappa shape index (κ1) is 14.3. The Kier molecular flexibility index (Phi) is 3.82. The van der Waals surface area contributed by atoms with E-state index in [1.54, 1.807) is 18.3 Å². The van der Waals surface area contributed by atoms with Gasteiger partial charge in [-0.15, -0.1) is 0 Å². The van der Waals surface area contributed by atoms with E-state index >= 15 is 0 Å². The number of benzene rings is 1. The van der Waals surface area contributed by atoms with Gasteiger partial charge >= 0.3 is 5.97 Å². The Labute approximate surface area is 127 Å². The van der Waals surface area contributed by atoms with Crippen LogP contribution in [0, 0.1) is 6.92 Å². The molecule has 0 bridgehead atoms. The van der Waals surface area contributed by atoms with Gasteiger partial charge in [-0.3, -0.25) is 9.69 Å². The van der Waals surface area contributed by atoms with E-state index in [1.807, 2.05) is 4.90 Å². The smallest absolute Gasteiger partial charge is 0.320 e. The third-order valence-corrected chi connectivity index (χ3v) is 5.12. The fourth-order valence-electron chi connectivity index (χ4n) is 2.62. The molecule has 0 aliphatic carbocycles. The minimum atomic E-state index is -0.751. The first-order valence-electron chi connectivity index (χ1n) is 7.13. The van der Waals surface area contributed by atoms with E-state index in [0.29, 0.717) is 0 Å². The van der Waals surface area contributed by atoms with Crippen LogP contribution in [-0.4, -0.2) is 53.2 Å². The second kappa shape index (κ2) is 5.61. The molecule has 3 rings (SSSR count). The van der Waals surface area contributed by atoms with Gasteiger partial charge in [0.25, 0.3) is 0 Å². The van der Waals surface area contributed by atoms with E-state index < -0.39 is 12.0 Å². The van der Waals surface area contributed by atoms with Crippen LogP contribution in [0.25, 0.3) is 10.2 Å². The van der Waals surface area contributed by atoms with Crippen molar-refractivity contribution >= 4 is 32.7 Å². The summed E-state index contributed by atoms with van der Waals surface area (Å²) < 4.78 is 1.21. The molecule has 1 N–H and O–H groups in total. The Hall–Kier alpha value is -1.66. The van der Waals surface area contributed by atoms with Gasteiger partial charge in [0, 0.05) is 26.2 Å². The summed E-state index contributed by atoms with van der Waals surface area (Å²) in [5, 5.41) is 10.1. The Bertz CT molecular complexity index is 662. The molecular formula is C15H19N3O2S. The maximum absolute atomic E-state index is 11.0. The van der Waals surface area contributed by atoms with Crippen LogP contribution in [-0.2, 0) is 4.79 Å². The van der Waals surface area contributed by atoms with Crippen LogP contribution in [0.5, 0.6) is 0 Å². The van der Waals surface area contributed by atoms with Gasteiger partial charge in [0.05, 0.1) is 10.2 Å². The Morgan fingerprint density at radius 3 is 2.71 bits per heavy atom. The van der Waals surface area contributed by atoms with Crippen LogP contribution in [0.3, 0.4) is 0 Å². The maximum atomic E-state index is 11.0. The number of carboxylic acids is 1. The maximum Gasteiger partial charge on any atom is 0.320 e. The molecular weight excluding hydrogens is 286 g/mol. The van der Waals surface area contributed by atoms with Gasteiger partial charge < -0.3 is 10.0 Å². The molecule has 2 heterocycles. The third kappa shape index (κ3) is 2.87. The lowest BCUT2D eigenvalue weighted by Gasteiger charge is -2.36. The van der Waals surface area contributed by atoms with E-state index in [2.05, 4.69) is 30.0 Å². The van der Waals surface area contributed by atoms with Crippen molar-refractivity contribution in [3.63, 3.8) is 0 Å². The second-order valence-electron chi connectivity index (χ2n) is 5.50. The summed E-state index contributed by atoms with van der Waals surface area (Å²) in [6, 6.07) is 5.92. The summed E-state index contributed by atoms with van der Waals surface area (Å²) in [5.41, 5.74) is 2.27. The van der Waals surface area contributed by atoms with Gasteiger partial charge in [-0.1, -0.05) is 17.4 Å². The Balaban J connectivity index is 1.72. The number of rotatable bonds is 3. The van der Waals surface area contributed by atoms with Crippen LogP contribution in [0.4, 0.5) is 5.13 Å². The number of carbonyl (C=O) groups is 1. The largest absolute Gasteiger partial charge is 0.480 e. The molecule has 0 saturated carbocycles. The number of aliphatic carboxylic acids is 1. The highest BCUT2D eigenvalue weighted by Crippen LogP contribution is 2.30. The van der Waals surface area contributed by atoms with Crippen molar-refractivity contribution in [2.45, 2.75) is 19.9 Å². The molecule has 1 aromatic carbocycles. The van der Waals surface area contributed by atoms with Crippen LogP contribution in [0.15, 0.2) is 18.2 Å². The van der Waals surface area contributed by atoms with Crippen molar-refractivity contribution < 1.29 is 9.90 Å². The molecule has 0 radical (unpaired) electrons. The summed E-state index contributed by atoms with van der Waals surface area (Å²) in [6.07, 6.45) is 0. The number of hydrogen-bond donors (Lipinski definition) is 1. The van der Waals surface area contributed by atoms with Crippen LogP contribution < -0.4 is 4.90 Å². The fraction of sp³-hybridized carbons (Fsp3) is 0.467. The number of fused-ring (bicyclic) bond motifs is 1. The lowest BCUT2D eigenvalue weighted by Crippen LogP contribution is -2.51. The second-order valence-corrected chi connectivity index (χ2v) is 6.51. The molecule has 1 saturated heterocycles. The highest BCUT2D eigenvalue weighted by molar-refractivity contribution is 7.22. The minimum absolute atomic E-state index is 0.412. The number of aromatic nitrogens is 1. The summed E-state index contributed by atoms with van der Waals surface area (Å²) in [5.74, 6) is -0.751. The predicted molar refractivity (Wildman–Crippen MR) is 85.2 cm³/mol. The van der Waals surface area contributed by atoms with E-state index in [0.717, 1.165) is 36.8 Å². The molecule has 1 aromatic heterocycles. The number of anilines is 1. The molecule has 112 valence electrons. The average molecular weight is 305 g/mol. The predicted octanol–water partition coefficient (Wildman–Crippen LogP) is 2.20. The van der Waals surface area contributed by atoms with Crippen LogP contribution in [0.2, 0.25) is 0 Å². The van der Waals surface area contributed by atoms with Crippen molar-refractivity contribution in [3.05, 3.63) is 23.8 Å². The van der Waals surface area contributed by atoms with Crippen molar-refractivity contribution in [3.8, 4) is 0 Å². The van der Waals surface area contributed by atoms with Crippen LogP contribution in [0.1, 0.15) is 12.5 Å². The van der Waals surface area contributed by atoms with Gasteiger partial charge in [-0.2, -0.15) is 0 Å². The SMILES string of the molecule is Cc1ccc2sc(N3CCN(C(C)C(=O)O)CC3)nc2c1. The highest BCUT2D eigenvalue weighted by atomic mass is 32.1. The topological polar surface area (TPSA) is 56.7 Å². The third-order valence-electron chi connectivity index (χ3n) is 4.02. The first-order chi connectivity index (χ1) is 10.0. The summed E-state index contributed by atoms with van der Waals surface area (Å²) in [6.45, 7) is 7.01. The zero-order valence-corrected chi connectivity index (χ0v) is 13.1. The molecule has 1 atom stereocenters. The highest BCUT2D eigenvalue weighted by Gasteiger charge is 2.26. The normalized spacial score (nSPS) is 18.1. The van der Waals surface area contributed by atoms with Crippen molar-refractivity contribution in [1.29, 1.82) is 0 Å². The van der Waals surface area contributed by atoms with E-state index in [9.17, 15) is 4.79 Å². The van der Waals surface area contributed by atoms with Gasteiger partial charge in [0.1, 0.15) is 6.04 Å². The number of piperazine rings is 1. The van der Waals surface area contributed by atoms with E-state index in [-0.39, 0.29) is 0 Å². The molecule has 1 aliphatic rings. The molecule has 6 heteroatoms. The Morgan fingerprint density at radius 2 is 2.05 bits per heavy atom. The summed E-state index contributed by atoms with van der Waals surface area (Å²) in [4.78, 5) is 20.0. The molecule has 0 spiro atoms. The number of thiazole rings is 1. The zero-order chi connectivity index (χ0) is 15.0. The van der Waals surface area contributed by atoms with Crippen LogP contribution >= 0.6 is 11.3 Å². The van der Waals surface area contributed by atoms with Crippen molar-refractivity contribution in [1.82, 2.24) is 9.88 Å². The average Bonchev–Trinajstić information content (AvgIpc) is 2.89. The monoisotopic (exact) mass is 305 g/mol. The molecule has 0 amide bonds. The van der Waals surface area contributed by atoms with Gasteiger partial charge in [0.2, 0.25) is 0 Å². The van der Waals surface area contributed by atoms with Crippen molar-refractivity contribution in [2.24, 2.45) is 0 Å². The summed E-state index contributed by atoms with van der Waals surface area (Å²) in [7, 11) is 0. The number of carboxylic acid groups (broad SMARTS) is 1. The van der Waals surface area contributed by atoms with E-state index in [4.69, 9.17) is 10.1 Å². The fourth-order valence-corrected chi connectivity index (χ4v) is 3.61. The zero-order valence-electron chi connectivity index (χ0n) is 12.2. The molecule has 1 unspecified atom stereocenters. The van der Waals surface area contributed by atoms with Gasteiger partial charge in [-0.25, -0.2) is 4.98 Å². The molecule has 1 fully saturated rings. The molecule has 21 heavy (non-hydrogen) atoms. The lowest BCUT2D eigenvalue weighted by molar-refractivity contribution is -0.142. The standard InChI is InChI=1S/C15H19N3O2S/c1-10-3-4-13-12(9-10)16-15(21-13)18-7-5-17(6-8-18)11(2)14(19)20/h3-4,9,11H,5-8H2,1-2H3,(H,19,20). The number of nitrogens with zero attached hydrogens (tertiary/aromatic N) is 3. The molecule has 2 aromatic rings. The molecule has 1 aliphatic heterocycles. The van der Waals surface area contributed by atoms with E-state index in [1.165, 1.54) is 10.3 Å². The van der Waals surface area contributed by atoms with Gasteiger partial charge in [-0.05, 0) is 31.5 Å². The quantitative estimate of drug-likeness (QED) is 0.942. The van der Waals surface area contributed by atoms with Crippen molar-refractivity contribution in [2.75, 3.05) is 31.1 Å². The molecule has 5 nitrogen and oxygen atoms in total. The Morgan fingerprint density at radius 1 is 1.33 bits per heavy atom. The first-order valence-corrected chi connectivity index (χ1v) is 7.95. The van der Waals surface area contributed by atoms with Gasteiger partial charge in [0.15, 0.2) is 5.13 Å².